The summed E-state index contributed by atoms with van der Waals surface area (Å²) >= 11 is 0. The van der Waals surface area contributed by atoms with Gasteiger partial charge in [-0.3, -0.25) is 9.69 Å². The van der Waals surface area contributed by atoms with E-state index in [1.165, 1.54) is 20.0 Å². The van der Waals surface area contributed by atoms with E-state index in [1.54, 1.807) is 0 Å². The highest BCUT2D eigenvalue weighted by Crippen LogP contribution is 2.23. The quantitative estimate of drug-likeness (QED) is 0.734. The van der Waals surface area contributed by atoms with E-state index < -0.39 is 0 Å². The number of rotatable bonds is 6. The number of ether oxygens (including phenoxy) is 1. The number of esters is 1. The topological polar surface area (TPSA) is 41.6 Å². The van der Waals surface area contributed by atoms with Gasteiger partial charge in [-0.05, 0) is 25.3 Å². The lowest BCUT2D eigenvalue weighted by Gasteiger charge is -2.31. The summed E-state index contributed by atoms with van der Waals surface area (Å²) in [6.45, 7) is 10.5. The molecular weight excluding hydrogens is 228 g/mol. The zero-order chi connectivity index (χ0) is 13.7. The van der Waals surface area contributed by atoms with Gasteiger partial charge in [-0.25, -0.2) is 0 Å². The van der Waals surface area contributed by atoms with Crippen LogP contribution in [0.25, 0.3) is 0 Å². The Morgan fingerprint density at radius 1 is 1.39 bits per heavy atom. The molecule has 4 nitrogen and oxygen atoms in total. The number of methoxy groups -OCH3 is 1. The van der Waals surface area contributed by atoms with E-state index in [2.05, 4.69) is 37.9 Å². The molecule has 1 saturated heterocycles. The number of nitrogens with one attached hydrogen (secondary N) is 1. The van der Waals surface area contributed by atoms with Crippen LogP contribution in [-0.2, 0) is 9.53 Å². The van der Waals surface area contributed by atoms with Crippen LogP contribution in [0.5, 0.6) is 0 Å². The number of nitrogens with zero attached hydrogens (tertiary/aromatic N) is 1. The van der Waals surface area contributed by atoms with Crippen LogP contribution < -0.4 is 5.32 Å². The number of hydrogen-bond donors (Lipinski definition) is 1. The van der Waals surface area contributed by atoms with Crippen LogP contribution in [0.1, 0.15) is 40.5 Å². The standard InChI is InChI=1S/C14H28N2O2/c1-10(2)13-7-6-8-16(13)9-12(14(17)18-5)15-11(3)4/h10-13,15H,6-9H2,1-5H3. The summed E-state index contributed by atoms with van der Waals surface area (Å²) in [5.41, 5.74) is 0. The third kappa shape index (κ3) is 4.25. The second kappa shape index (κ2) is 7.10. The maximum atomic E-state index is 11.8. The Kier molecular flexibility index (Phi) is 6.09. The lowest BCUT2D eigenvalue weighted by atomic mass is 10.0. The van der Waals surface area contributed by atoms with Crippen LogP contribution in [0, 0.1) is 5.92 Å². The summed E-state index contributed by atoms with van der Waals surface area (Å²) in [6, 6.07) is 0.676. The van der Waals surface area contributed by atoms with Gasteiger partial charge in [0.2, 0.25) is 0 Å². The SMILES string of the molecule is COC(=O)C(CN1CCCC1C(C)C)NC(C)C. The Labute approximate surface area is 111 Å². The summed E-state index contributed by atoms with van der Waals surface area (Å²) in [7, 11) is 1.46. The average molecular weight is 256 g/mol. The minimum absolute atomic E-state index is 0.155. The number of likely N-dealkylation sites (tertiary alicyclic amines) is 1. The van der Waals surface area contributed by atoms with Gasteiger partial charge in [0.05, 0.1) is 7.11 Å². The molecule has 1 rings (SSSR count). The highest BCUT2D eigenvalue weighted by Gasteiger charge is 2.31. The second-order valence-corrected chi connectivity index (χ2v) is 5.85. The summed E-state index contributed by atoms with van der Waals surface area (Å²) < 4.78 is 4.89. The molecule has 1 aliphatic rings. The van der Waals surface area contributed by atoms with Gasteiger partial charge in [-0.2, -0.15) is 0 Å². The minimum atomic E-state index is -0.214. The predicted molar refractivity (Wildman–Crippen MR) is 73.5 cm³/mol. The van der Waals surface area contributed by atoms with Crippen molar-refractivity contribution in [3.63, 3.8) is 0 Å². The van der Waals surface area contributed by atoms with E-state index in [4.69, 9.17) is 4.74 Å². The smallest absolute Gasteiger partial charge is 0.324 e. The lowest BCUT2D eigenvalue weighted by Crippen LogP contribution is -2.50. The van der Waals surface area contributed by atoms with Crippen molar-refractivity contribution in [1.29, 1.82) is 0 Å². The van der Waals surface area contributed by atoms with Crippen molar-refractivity contribution in [2.24, 2.45) is 5.92 Å². The third-order valence-corrected chi connectivity index (χ3v) is 3.62. The molecule has 2 unspecified atom stereocenters. The molecule has 1 aliphatic heterocycles. The van der Waals surface area contributed by atoms with Crippen molar-refractivity contribution in [3.8, 4) is 0 Å². The van der Waals surface area contributed by atoms with E-state index in [9.17, 15) is 4.79 Å². The summed E-state index contributed by atoms with van der Waals surface area (Å²) in [6.07, 6.45) is 2.48. The molecular formula is C14H28N2O2. The Balaban J connectivity index is 2.61. The largest absolute Gasteiger partial charge is 0.468 e. The normalized spacial score (nSPS) is 22.7. The Bertz CT molecular complexity index is 267. The van der Waals surface area contributed by atoms with Crippen molar-refractivity contribution < 1.29 is 9.53 Å². The van der Waals surface area contributed by atoms with Crippen LogP contribution >= 0.6 is 0 Å². The molecule has 18 heavy (non-hydrogen) atoms. The van der Waals surface area contributed by atoms with E-state index in [1.807, 2.05) is 0 Å². The second-order valence-electron chi connectivity index (χ2n) is 5.85. The van der Waals surface area contributed by atoms with Crippen molar-refractivity contribution in [1.82, 2.24) is 10.2 Å². The first kappa shape index (κ1) is 15.4. The molecule has 0 aliphatic carbocycles. The highest BCUT2D eigenvalue weighted by atomic mass is 16.5. The van der Waals surface area contributed by atoms with Crippen molar-refractivity contribution in [2.45, 2.75) is 58.7 Å². The van der Waals surface area contributed by atoms with Gasteiger partial charge in [-0.15, -0.1) is 0 Å². The summed E-state index contributed by atoms with van der Waals surface area (Å²) in [5, 5.41) is 3.30. The molecule has 0 aromatic heterocycles. The molecule has 0 aromatic rings. The lowest BCUT2D eigenvalue weighted by molar-refractivity contribution is -0.144. The van der Waals surface area contributed by atoms with Crippen LogP contribution in [0.15, 0.2) is 0 Å². The van der Waals surface area contributed by atoms with Crippen LogP contribution in [-0.4, -0.2) is 49.2 Å². The average Bonchev–Trinajstić information content (AvgIpc) is 2.74. The number of hydrogen-bond acceptors (Lipinski definition) is 4. The van der Waals surface area contributed by atoms with Gasteiger partial charge >= 0.3 is 5.97 Å². The number of carbonyl (C=O) groups is 1. The first-order valence-electron chi connectivity index (χ1n) is 7.03. The molecule has 2 atom stereocenters. The predicted octanol–water partition coefficient (Wildman–Crippen LogP) is 1.65. The van der Waals surface area contributed by atoms with Crippen molar-refractivity contribution >= 4 is 5.97 Å². The fraction of sp³-hybridized carbons (Fsp3) is 0.929. The molecule has 0 bridgehead atoms. The molecule has 106 valence electrons. The van der Waals surface area contributed by atoms with Gasteiger partial charge < -0.3 is 10.1 Å². The van der Waals surface area contributed by atoms with Gasteiger partial charge in [0.1, 0.15) is 6.04 Å². The van der Waals surface area contributed by atoms with Gasteiger partial charge in [0, 0.05) is 18.6 Å². The van der Waals surface area contributed by atoms with Crippen LogP contribution in [0.4, 0.5) is 0 Å². The fourth-order valence-corrected chi connectivity index (χ4v) is 2.81. The zero-order valence-electron chi connectivity index (χ0n) is 12.4. The number of carbonyl (C=O) groups excluding carboxylic acids is 1. The Hall–Kier alpha value is -0.610. The Morgan fingerprint density at radius 3 is 2.56 bits per heavy atom. The summed E-state index contributed by atoms with van der Waals surface area (Å²) in [4.78, 5) is 14.2. The summed E-state index contributed by atoms with van der Waals surface area (Å²) in [5.74, 6) is 0.489. The molecule has 0 aromatic carbocycles. The van der Waals surface area contributed by atoms with E-state index in [-0.39, 0.29) is 18.1 Å². The maximum absolute atomic E-state index is 11.8. The minimum Gasteiger partial charge on any atom is -0.468 e. The first-order valence-corrected chi connectivity index (χ1v) is 7.03. The van der Waals surface area contributed by atoms with Gasteiger partial charge in [0.25, 0.3) is 0 Å². The molecule has 1 heterocycles. The third-order valence-electron chi connectivity index (χ3n) is 3.62. The van der Waals surface area contributed by atoms with Gasteiger partial charge in [-0.1, -0.05) is 27.7 Å². The van der Waals surface area contributed by atoms with E-state index >= 15 is 0 Å². The molecule has 0 amide bonds. The molecule has 1 N–H and O–H groups in total. The van der Waals surface area contributed by atoms with Crippen molar-refractivity contribution in [2.75, 3.05) is 20.2 Å². The van der Waals surface area contributed by atoms with Gasteiger partial charge in [0.15, 0.2) is 0 Å². The molecule has 4 heteroatoms. The van der Waals surface area contributed by atoms with Crippen LogP contribution in [0.2, 0.25) is 0 Å². The zero-order valence-corrected chi connectivity index (χ0v) is 12.4. The molecule has 0 saturated carbocycles. The van der Waals surface area contributed by atoms with Crippen LogP contribution in [0.3, 0.4) is 0 Å². The Morgan fingerprint density at radius 2 is 2.06 bits per heavy atom. The fourth-order valence-electron chi connectivity index (χ4n) is 2.81. The van der Waals surface area contributed by atoms with E-state index in [0.29, 0.717) is 12.0 Å². The molecule has 0 radical (unpaired) electrons. The monoisotopic (exact) mass is 256 g/mol. The maximum Gasteiger partial charge on any atom is 0.324 e. The highest BCUT2D eigenvalue weighted by molar-refractivity contribution is 5.76. The van der Waals surface area contributed by atoms with Crippen molar-refractivity contribution in [3.05, 3.63) is 0 Å². The van der Waals surface area contributed by atoms with E-state index in [0.717, 1.165) is 13.1 Å². The molecule has 1 fully saturated rings. The first-order chi connectivity index (χ1) is 8.45. The molecule has 0 spiro atoms.